The summed E-state index contributed by atoms with van der Waals surface area (Å²) in [6.07, 6.45) is 3.01. The Bertz CT molecular complexity index is 225. The molecule has 2 unspecified atom stereocenters. The van der Waals surface area contributed by atoms with Gasteiger partial charge in [-0.25, -0.2) is 5.48 Å². The van der Waals surface area contributed by atoms with Crippen molar-refractivity contribution in [2.45, 2.75) is 40.0 Å². The molecule has 2 N–H and O–H groups in total. The van der Waals surface area contributed by atoms with Crippen LogP contribution < -0.4 is 10.8 Å². The normalized spacial score (nSPS) is 22.5. The molecular weight excluding hydrogens is 216 g/mol. The van der Waals surface area contributed by atoms with E-state index >= 15 is 0 Å². The Morgan fingerprint density at radius 2 is 2.24 bits per heavy atom. The smallest absolute Gasteiger partial charge is 0.243 e. The lowest BCUT2D eigenvalue weighted by atomic mass is 9.85. The molecule has 100 valence electrons. The molecule has 0 bridgehead atoms. The van der Waals surface area contributed by atoms with Gasteiger partial charge in [0.2, 0.25) is 5.91 Å². The van der Waals surface area contributed by atoms with Gasteiger partial charge in [-0.1, -0.05) is 20.8 Å². The van der Waals surface area contributed by atoms with Crippen molar-refractivity contribution in [2.75, 3.05) is 19.7 Å². The van der Waals surface area contributed by atoms with E-state index in [4.69, 9.17) is 4.84 Å². The van der Waals surface area contributed by atoms with Crippen LogP contribution in [0.1, 0.15) is 40.0 Å². The second kappa shape index (κ2) is 7.67. The number of piperidine rings is 1. The van der Waals surface area contributed by atoms with Gasteiger partial charge in [-0.3, -0.25) is 9.63 Å². The van der Waals surface area contributed by atoms with E-state index in [1.807, 2.05) is 0 Å². The molecule has 0 aromatic heterocycles. The highest BCUT2D eigenvalue weighted by Gasteiger charge is 2.21. The Labute approximate surface area is 104 Å². The lowest BCUT2D eigenvalue weighted by molar-refractivity contribution is -0.135. The zero-order valence-corrected chi connectivity index (χ0v) is 11.3. The molecule has 1 aliphatic rings. The van der Waals surface area contributed by atoms with E-state index < -0.39 is 0 Å². The van der Waals surface area contributed by atoms with Crippen LogP contribution in [0.2, 0.25) is 0 Å². The van der Waals surface area contributed by atoms with Gasteiger partial charge in [-0.05, 0) is 43.7 Å². The second-order valence-electron chi connectivity index (χ2n) is 5.52. The Morgan fingerprint density at radius 3 is 2.82 bits per heavy atom. The number of amides is 1. The number of carbonyl (C=O) groups is 1. The monoisotopic (exact) mass is 242 g/mol. The van der Waals surface area contributed by atoms with E-state index in [9.17, 15) is 4.79 Å². The molecule has 17 heavy (non-hydrogen) atoms. The number of rotatable bonds is 6. The van der Waals surface area contributed by atoms with Crippen LogP contribution in [-0.4, -0.2) is 25.6 Å². The second-order valence-corrected chi connectivity index (χ2v) is 5.52. The molecule has 0 radical (unpaired) electrons. The SMILES string of the molecule is CC(C)CONC(=O)CC(C)C1CCCNC1. The molecule has 4 heteroatoms. The van der Waals surface area contributed by atoms with Crippen LogP contribution in [0.5, 0.6) is 0 Å². The summed E-state index contributed by atoms with van der Waals surface area (Å²) in [6, 6.07) is 0. The van der Waals surface area contributed by atoms with Gasteiger partial charge in [0.1, 0.15) is 0 Å². The number of hydrogen-bond donors (Lipinski definition) is 2. The molecule has 0 spiro atoms. The van der Waals surface area contributed by atoms with E-state index in [1.165, 1.54) is 12.8 Å². The topological polar surface area (TPSA) is 50.4 Å². The fourth-order valence-electron chi connectivity index (χ4n) is 2.15. The van der Waals surface area contributed by atoms with Gasteiger partial charge >= 0.3 is 0 Å². The van der Waals surface area contributed by atoms with Crippen LogP contribution in [-0.2, 0) is 9.63 Å². The van der Waals surface area contributed by atoms with Gasteiger partial charge < -0.3 is 5.32 Å². The average Bonchev–Trinajstić information content (AvgIpc) is 2.29. The van der Waals surface area contributed by atoms with E-state index in [2.05, 4.69) is 31.6 Å². The fourth-order valence-corrected chi connectivity index (χ4v) is 2.15. The average molecular weight is 242 g/mol. The highest BCUT2D eigenvalue weighted by Crippen LogP contribution is 2.22. The third-order valence-electron chi connectivity index (χ3n) is 3.25. The van der Waals surface area contributed by atoms with Crippen molar-refractivity contribution < 1.29 is 9.63 Å². The molecule has 1 fully saturated rings. The summed E-state index contributed by atoms with van der Waals surface area (Å²) in [7, 11) is 0. The predicted octanol–water partition coefficient (Wildman–Crippen LogP) is 1.72. The summed E-state index contributed by atoms with van der Waals surface area (Å²) in [4.78, 5) is 16.8. The number of nitrogens with one attached hydrogen (secondary N) is 2. The van der Waals surface area contributed by atoms with Crippen molar-refractivity contribution in [3.05, 3.63) is 0 Å². The summed E-state index contributed by atoms with van der Waals surface area (Å²) in [5, 5.41) is 3.38. The predicted molar refractivity (Wildman–Crippen MR) is 68.3 cm³/mol. The van der Waals surface area contributed by atoms with Crippen molar-refractivity contribution >= 4 is 5.91 Å². The van der Waals surface area contributed by atoms with Crippen LogP contribution in [0.3, 0.4) is 0 Å². The summed E-state index contributed by atoms with van der Waals surface area (Å²) in [5.74, 6) is 1.49. The third-order valence-corrected chi connectivity index (χ3v) is 3.25. The maximum absolute atomic E-state index is 11.6. The van der Waals surface area contributed by atoms with Crippen molar-refractivity contribution in [1.29, 1.82) is 0 Å². The molecule has 1 aliphatic heterocycles. The maximum atomic E-state index is 11.6. The quantitative estimate of drug-likeness (QED) is 0.697. The van der Waals surface area contributed by atoms with Crippen LogP contribution in [0.25, 0.3) is 0 Å². The molecular formula is C13H26N2O2. The first-order valence-corrected chi connectivity index (χ1v) is 6.71. The minimum absolute atomic E-state index is 0.00345. The summed E-state index contributed by atoms with van der Waals surface area (Å²) in [6.45, 7) is 9.00. The van der Waals surface area contributed by atoms with E-state index in [0.29, 0.717) is 30.8 Å². The van der Waals surface area contributed by atoms with Gasteiger partial charge in [0.15, 0.2) is 0 Å². The van der Waals surface area contributed by atoms with E-state index in [0.717, 1.165) is 13.1 Å². The Balaban J connectivity index is 2.15. The first-order chi connectivity index (χ1) is 8.09. The van der Waals surface area contributed by atoms with Crippen molar-refractivity contribution in [3.8, 4) is 0 Å². The van der Waals surface area contributed by atoms with Gasteiger partial charge in [-0.2, -0.15) is 0 Å². The minimum atomic E-state index is 0.00345. The number of hydrogen-bond acceptors (Lipinski definition) is 3. The lowest BCUT2D eigenvalue weighted by Gasteiger charge is -2.27. The molecule has 0 saturated carbocycles. The van der Waals surface area contributed by atoms with Gasteiger partial charge in [0.05, 0.1) is 6.61 Å². The zero-order valence-electron chi connectivity index (χ0n) is 11.3. The van der Waals surface area contributed by atoms with Crippen molar-refractivity contribution in [3.63, 3.8) is 0 Å². The molecule has 0 aliphatic carbocycles. The maximum Gasteiger partial charge on any atom is 0.243 e. The zero-order chi connectivity index (χ0) is 12.7. The minimum Gasteiger partial charge on any atom is -0.316 e. The largest absolute Gasteiger partial charge is 0.316 e. The van der Waals surface area contributed by atoms with Gasteiger partial charge in [-0.15, -0.1) is 0 Å². The molecule has 1 saturated heterocycles. The van der Waals surface area contributed by atoms with Crippen LogP contribution in [0, 0.1) is 17.8 Å². The van der Waals surface area contributed by atoms with Gasteiger partial charge in [0, 0.05) is 6.42 Å². The first kappa shape index (κ1) is 14.5. The molecule has 1 amide bonds. The third kappa shape index (κ3) is 6.03. The standard InChI is InChI=1S/C13H26N2O2/c1-10(2)9-17-15-13(16)7-11(3)12-5-4-6-14-8-12/h10-12,14H,4-9H2,1-3H3,(H,15,16). The Hall–Kier alpha value is -0.610. The highest BCUT2D eigenvalue weighted by atomic mass is 16.6. The van der Waals surface area contributed by atoms with Crippen LogP contribution >= 0.6 is 0 Å². The Morgan fingerprint density at radius 1 is 1.47 bits per heavy atom. The fraction of sp³-hybridized carbons (Fsp3) is 0.923. The van der Waals surface area contributed by atoms with Crippen molar-refractivity contribution in [2.24, 2.45) is 17.8 Å². The molecule has 0 aromatic carbocycles. The number of carbonyl (C=O) groups excluding carboxylic acids is 1. The molecule has 0 aromatic rings. The van der Waals surface area contributed by atoms with Crippen molar-refractivity contribution in [1.82, 2.24) is 10.8 Å². The lowest BCUT2D eigenvalue weighted by Crippen LogP contribution is -2.35. The van der Waals surface area contributed by atoms with Crippen LogP contribution in [0.4, 0.5) is 0 Å². The van der Waals surface area contributed by atoms with E-state index in [-0.39, 0.29) is 5.91 Å². The van der Waals surface area contributed by atoms with Crippen LogP contribution in [0.15, 0.2) is 0 Å². The first-order valence-electron chi connectivity index (χ1n) is 6.71. The molecule has 1 rings (SSSR count). The highest BCUT2D eigenvalue weighted by molar-refractivity contribution is 5.75. The number of hydroxylamine groups is 1. The van der Waals surface area contributed by atoms with E-state index in [1.54, 1.807) is 0 Å². The molecule has 1 heterocycles. The summed E-state index contributed by atoms with van der Waals surface area (Å²) < 4.78 is 0. The molecule has 4 nitrogen and oxygen atoms in total. The Kier molecular flexibility index (Phi) is 6.52. The summed E-state index contributed by atoms with van der Waals surface area (Å²) >= 11 is 0. The summed E-state index contributed by atoms with van der Waals surface area (Å²) in [5.41, 5.74) is 2.52. The van der Waals surface area contributed by atoms with Gasteiger partial charge in [0.25, 0.3) is 0 Å². The molecule has 2 atom stereocenters.